The van der Waals surface area contributed by atoms with Gasteiger partial charge in [0.2, 0.25) is 5.88 Å². The van der Waals surface area contributed by atoms with Gasteiger partial charge in [-0.1, -0.05) is 11.6 Å². The van der Waals surface area contributed by atoms with E-state index < -0.39 is 5.97 Å². The lowest BCUT2D eigenvalue weighted by atomic mass is 10.2. The number of pyridine rings is 1. The van der Waals surface area contributed by atoms with Crippen LogP contribution in [0.15, 0.2) is 36.5 Å². The number of nitrogens with zero attached hydrogens (tertiary/aromatic N) is 1. The molecular formula is C14H12ClNO4. The monoisotopic (exact) mass is 293 g/mol. The Morgan fingerprint density at radius 2 is 1.90 bits per heavy atom. The fraction of sp³-hybridized carbons (Fsp3) is 0.143. The standard InChI is InChI=1S/C14H12ClNO4/c1-2-19-9-3-5-10(6-4-9)20-13-12(15)11(14(17)18)7-8-16-13/h3-8H,2H2,1H3,(H,17,18). The van der Waals surface area contributed by atoms with Crippen LogP contribution in [0.25, 0.3) is 0 Å². The van der Waals surface area contributed by atoms with E-state index in [1.807, 2.05) is 6.92 Å². The first-order valence-corrected chi connectivity index (χ1v) is 6.28. The third-order valence-electron chi connectivity index (χ3n) is 2.44. The quantitative estimate of drug-likeness (QED) is 0.911. The number of benzene rings is 1. The first-order chi connectivity index (χ1) is 9.61. The van der Waals surface area contributed by atoms with E-state index in [-0.39, 0.29) is 16.5 Å². The van der Waals surface area contributed by atoms with Gasteiger partial charge < -0.3 is 14.6 Å². The highest BCUT2D eigenvalue weighted by Gasteiger charge is 2.14. The van der Waals surface area contributed by atoms with Gasteiger partial charge in [0.25, 0.3) is 0 Å². The Hall–Kier alpha value is -2.27. The molecule has 0 bridgehead atoms. The molecule has 0 aliphatic carbocycles. The van der Waals surface area contributed by atoms with E-state index in [0.717, 1.165) is 5.75 Å². The molecule has 0 amide bonds. The number of hydrogen-bond acceptors (Lipinski definition) is 4. The van der Waals surface area contributed by atoms with Gasteiger partial charge >= 0.3 is 5.97 Å². The van der Waals surface area contributed by atoms with E-state index in [1.165, 1.54) is 12.3 Å². The molecule has 0 radical (unpaired) electrons. The first-order valence-electron chi connectivity index (χ1n) is 5.90. The van der Waals surface area contributed by atoms with Gasteiger partial charge in [0, 0.05) is 6.20 Å². The van der Waals surface area contributed by atoms with Crippen molar-refractivity contribution in [3.8, 4) is 17.4 Å². The lowest BCUT2D eigenvalue weighted by Crippen LogP contribution is -2.00. The van der Waals surface area contributed by atoms with Crippen LogP contribution in [0.2, 0.25) is 5.02 Å². The van der Waals surface area contributed by atoms with Crippen LogP contribution >= 0.6 is 11.6 Å². The van der Waals surface area contributed by atoms with Crippen molar-refractivity contribution in [2.45, 2.75) is 6.92 Å². The smallest absolute Gasteiger partial charge is 0.337 e. The number of halogens is 1. The molecule has 1 heterocycles. The van der Waals surface area contributed by atoms with Crippen LogP contribution in [-0.4, -0.2) is 22.7 Å². The molecule has 1 aromatic carbocycles. The molecule has 0 fully saturated rings. The summed E-state index contributed by atoms with van der Waals surface area (Å²) in [6.45, 7) is 2.47. The summed E-state index contributed by atoms with van der Waals surface area (Å²) in [5, 5.41) is 8.93. The summed E-state index contributed by atoms with van der Waals surface area (Å²) >= 11 is 5.94. The van der Waals surface area contributed by atoms with Crippen molar-refractivity contribution in [1.82, 2.24) is 4.98 Å². The summed E-state index contributed by atoms with van der Waals surface area (Å²) in [6.07, 6.45) is 1.33. The molecule has 20 heavy (non-hydrogen) atoms. The highest BCUT2D eigenvalue weighted by atomic mass is 35.5. The molecule has 0 aliphatic heterocycles. The molecule has 1 N–H and O–H groups in total. The molecule has 0 atom stereocenters. The minimum absolute atomic E-state index is 0.0334. The average molecular weight is 294 g/mol. The maximum atomic E-state index is 11.0. The van der Waals surface area contributed by atoms with Gasteiger partial charge in [-0.2, -0.15) is 0 Å². The summed E-state index contributed by atoms with van der Waals surface area (Å²) < 4.78 is 10.8. The Balaban J connectivity index is 2.21. The van der Waals surface area contributed by atoms with Crippen molar-refractivity contribution in [3.05, 3.63) is 47.1 Å². The Morgan fingerprint density at radius 1 is 1.25 bits per heavy atom. The maximum absolute atomic E-state index is 11.0. The van der Waals surface area contributed by atoms with Gasteiger partial charge in [-0.15, -0.1) is 0 Å². The molecule has 0 saturated carbocycles. The zero-order valence-electron chi connectivity index (χ0n) is 10.7. The van der Waals surface area contributed by atoms with E-state index in [4.69, 9.17) is 26.2 Å². The summed E-state index contributed by atoms with van der Waals surface area (Å²) in [4.78, 5) is 14.9. The summed E-state index contributed by atoms with van der Waals surface area (Å²) in [5.74, 6) is 0.133. The average Bonchev–Trinajstić information content (AvgIpc) is 2.43. The van der Waals surface area contributed by atoms with Crippen LogP contribution in [0.1, 0.15) is 17.3 Å². The molecular weight excluding hydrogens is 282 g/mol. The predicted molar refractivity (Wildman–Crippen MR) is 73.9 cm³/mol. The Morgan fingerprint density at radius 3 is 2.50 bits per heavy atom. The number of carbonyl (C=O) groups is 1. The van der Waals surface area contributed by atoms with Crippen LogP contribution < -0.4 is 9.47 Å². The number of aromatic nitrogens is 1. The van der Waals surface area contributed by atoms with E-state index in [2.05, 4.69) is 4.98 Å². The SMILES string of the molecule is CCOc1ccc(Oc2nccc(C(=O)O)c2Cl)cc1. The number of aromatic carboxylic acids is 1. The van der Waals surface area contributed by atoms with E-state index in [9.17, 15) is 4.79 Å². The second-order valence-corrected chi connectivity index (χ2v) is 4.17. The molecule has 5 nitrogen and oxygen atoms in total. The highest BCUT2D eigenvalue weighted by molar-refractivity contribution is 6.34. The van der Waals surface area contributed by atoms with Gasteiger partial charge in [0.15, 0.2) is 0 Å². The molecule has 104 valence electrons. The van der Waals surface area contributed by atoms with Crippen molar-refractivity contribution < 1.29 is 19.4 Å². The number of carboxylic acids is 1. The van der Waals surface area contributed by atoms with Crippen LogP contribution in [0.5, 0.6) is 17.4 Å². The molecule has 0 saturated heterocycles. The fourth-order valence-electron chi connectivity index (χ4n) is 1.54. The third kappa shape index (κ3) is 3.19. The van der Waals surface area contributed by atoms with Crippen LogP contribution in [-0.2, 0) is 0 Å². The lowest BCUT2D eigenvalue weighted by Gasteiger charge is -2.08. The number of ether oxygens (including phenoxy) is 2. The normalized spacial score (nSPS) is 10.1. The Bertz CT molecular complexity index is 613. The molecule has 2 aromatic rings. The largest absolute Gasteiger partial charge is 0.494 e. The zero-order valence-corrected chi connectivity index (χ0v) is 11.4. The predicted octanol–water partition coefficient (Wildman–Crippen LogP) is 3.62. The second kappa shape index (κ2) is 6.25. The first kappa shape index (κ1) is 14.1. The maximum Gasteiger partial charge on any atom is 0.337 e. The van der Waals surface area contributed by atoms with Gasteiger partial charge in [0.1, 0.15) is 16.5 Å². The fourth-order valence-corrected chi connectivity index (χ4v) is 1.77. The molecule has 6 heteroatoms. The van der Waals surface area contributed by atoms with E-state index >= 15 is 0 Å². The van der Waals surface area contributed by atoms with Crippen molar-refractivity contribution >= 4 is 17.6 Å². The van der Waals surface area contributed by atoms with Gasteiger partial charge in [0.05, 0.1) is 12.2 Å². The summed E-state index contributed by atoms with van der Waals surface area (Å²) in [5.41, 5.74) is -0.0531. The number of carboxylic acid groups (broad SMARTS) is 1. The number of rotatable bonds is 5. The molecule has 0 unspecified atom stereocenters. The second-order valence-electron chi connectivity index (χ2n) is 3.79. The van der Waals surface area contributed by atoms with Crippen LogP contribution in [0, 0.1) is 0 Å². The molecule has 2 rings (SSSR count). The zero-order chi connectivity index (χ0) is 14.5. The number of hydrogen-bond donors (Lipinski definition) is 1. The Labute approximate surface area is 120 Å². The van der Waals surface area contributed by atoms with Gasteiger partial charge in [-0.25, -0.2) is 9.78 Å². The molecule has 1 aromatic heterocycles. The topological polar surface area (TPSA) is 68.7 Å². The molecule has 0 aliphatic rings. The third-order valence-corrected chi connectivity index (χ3v) is 2.80. The van der Waals surface area contributed by atoms with Crippen molar-refractivity contribution in [3.63, 3.8) is 0 Å². The Kier molecular flexibility index (Phi) is 4.42. The minimum Gasteiger partial charge on any atom is -0.494 e. The van der Waals surface area contributed by atoms with Crippen LogP contribution in [0.4, 0.5) is 0 Å². The van der Waals surface area contributed by atoms with Crippen LogP contribution in [0.3, 0.4) is 0 Å². The van der Waals surface area contributed by atoms with Crippen molar-refractivity contribution in [1.29, 1.82) is 0 Å². The summed E-state index contributed by atoms with van der Waals surface area (Å²) in [6, 6.07) is 8.18. The summed E-state index contributed by atoms with van der Waals surface area (Å²) in [7, 11) is 0. The van der Waals surface area contributed by atoms with E-state index in [0.29, 0.717) is 12.4 Å². The van der Waals surface area contributed by atoms with Crippen molar-refractivity contribution in [2.24, 2.45) is 0 Å². The lowest BCUT2D eigenvalue weighted by molar-refractivity contribution is 0.0696. The molecule has 0 spiro atoms. The van der Waals surface area contributed by atoms with Gasteiger partial charge in [-0.05, 0) is 37.3 Å². The highest BCUT2D eigenvalue weighted by Crippen LogP contribution is 2.30. The van der Waals surface area contributed by atoms with Crippen molar-refractivity contribution in [2.75, 3.05) is 6.61 Å². The van der Waals surface area contributed by atoms with E-state index in [1.54, 1.807) is 24.3 Å². The minimum atomic E-state index is -1.13. The van der Waals surface area contributed by atoms with Gasteiger partial charge in [-0.3, -0.25) is 0 Å².